The van der Waals surface area contributed by atoms with Gasteiger partial charge in [-0.15, -0.1) is 16.4 Å². The van der Waals surface area contributed by atoms with Gasteiger partial charge in [0.2, 0.25) is 5.16 Å². The van der Waals surface area contributed by atoms with Gasteiger partial charge in [0.25, 0.3) is 0 Å². The number of aromatic nitrogens is 5. The number of nitrogens with zero attached hydrogens (tertiary/aromatic N) is 5. The first-order valence-electron chi connectivity index (χ1n) is 4.75. The molecule has 0 aromatic carbocycles. The maximum absolute atomic E-state index is 10.4. The molecule has 0 unspecified atom stereocenters. The summed E-state index contributed by atoms with van der Waals surface area (Å²) in [6.07, 6.45) is 2.49. The third-order valence-corrected chi connectivity index (χ3v) is 3.63. The topological polar surface area (TPSA) is 93.8 Å². The van der Waals surface area contributed by atoms with Crippen LogP contribution in [0.15, 0.2) is 16.7 Å². The number of hydrogen-bond donors (Lipinski definition) is 1. The van der Waals surface area contributed by atoms with Crippen LogP contribution in [0.2, 0.25) is 0 Å². The summed E-state index contributed by atoms with van der Waals surface area (Å²) >= 11 is 2.68. The van der Waals surface area contributed by atoms with E-state index in [2.05, 4.69) is 20.5 Å². The Bertz CT molecular complexity index is 484. The normalized spacial score (nSPS) is 10.6. The summed E-state index contributed by atoms with van der Waals surface area (Å²) in [5.74, 6) is -0.929. The van der Waals surface area contributed by atoms with E-state index >= 15 is 0 Å². The van der Waals surface area contributed by atoms with Crippen molar-refractivity contribution in [3.8, 4) is 0 Å². The zero-order valence-electron chi connectivity index (χ0n) is 8.68. The van der Waals surface area contributed by atoms with Crippen LogP contribution >= 0.6 is 23.1 Å². The fourth-order valence-corrected chi connectivity index (χ4v) is 2.38. The van der Waals surface area contributed by atoms with E-state index in [1.165, 1.54) is 0 Å². The van der Waals surface area contributed by atoms with Crippen LogP contribution < -0.4 is 0 Å². The summed E-state index contributed by atoms with van der Waals surface area (Å²) < 4.78 is 1.59. The first kappa shape index (κ1) is 12.0. The van der Waals surface area contributed by atoms with Crippen LogP contribution in [-0.4, -0.2) is 42.0 Å². The number of aryl methyl sites for hydroxylation is 2. The van der Waals surface area contributed by atoms with Crippen LogP contribution in [0.25, 0.3) is 0 Å². The number of hydrogen-bond acceptors (Lipinski definition) is 7. The molecule has 0 radical (unpaired) electrons. The molecule has 0 bridgehead atoms. The Labute approximate surface area is 105 Å². The molecule has 0 fully saturated rings. The van der Waals surface area contributed by atoms with Gasteiger partial charge >= 0.3 is 5.97 Å². The molecule has 0 aliphatic rings. The van der Waals surface area contributed by atoms with Gasteiger partial charge in [0.1, 0.15) is 0 Å². The molecule has 0 spiro atoms. The van der Waals surface area contributed by atoms with E-state index in [1.54, 1.807) is 22.2 Å². The smallest absolute Gasteiger partial charge is 0.313 e. The minimum Gasteiger partial charge on any atom is -0.481 e. The number of carbonyl (C=O) groups is 1. The second kappa shape index (κ2) is 5.73. The van der Waals surface area contributed by atoms with Crippen LogP contribution in [0.4, 0.5) is 0 Å². The molecular weight excluding hydrogens is 262 g/mol. The summed E-state index contributed by atoms with van der Waals surface area (Å²) in [4.78, 5) is 14.6. The van der Waals surface area contributed by atoms with Crippen molar-refractivity contribution < 1.29 is 9.90 Å². The van der Waals surface area contributed by atoms with Gasteiger partial charge < -0.3 is 5.11 Å². The molecule has 2 aromatic heterocycles. The van der Waals surface area contributed by atoms with E-state index in [0.717, 1.165) is 23.2 Å². The number of carboxylic acid groups (broad SMARTS) is 1. The number of aliphatic carboxylic acids is 1. The number of carboxylic acids is 1. The molecule has 0 saturated heterocycles. The number of rotatable bonds is 6. The SMILES string of the molecule is O=C(O)CSc1nnnn1CCc1nccs1. The Balaban J connectivity index is 1.92. The molecule has 0 saturated carbocycles. The Morgan fingerprint density at radius 2 is 2.47 bits per heavy atom. The summed E-state index contributed by atoms with van der Waals surface area (Å²) in [5.41, 5.74) is 0. The van der Waals surface area contributed by atoms with Gasteiger partial charge in [-0.2, -0.15) is 0 Å². The zero-order chi connectivity index (χ0) is 12.1. The Hall–Kier alpha value is -1.48. The summed E-state index contributed by atoms with van der Waals surface area (Å²) in [5, 5.41) is 23.1. The first-order chi connectivity index (χ1) is 8.25. The van der Waals surface area contributed by atoms with Gasteiger partial charge in [-0.3, -0.25) is 4.79 Å². The van der Waals surface area contributed by atoms with Gasteiger partial charge in [-0.25, -0.2) is 9.67 Å². The zero-order valence-corrected chi connectivity index (χ0v) is 10.3. The maximum atomic E-state index is 10.4. The van der Waals surface area contributed by atoms with Gasteiger partial charge in [-0.05, 0) is 10.4 Å². The van der Waals surface area contributed by atoms with E-state index in [0.29, 0.717) is 11.7 Å². The van der Waals surface area contributed by atoms with Crippen LogP contribution in [0.3, 0.4) is 0 Å². The molecular formula is C8H9N5O2S2. The maximum Gasteiger partial charge on any atom is 0.313 e. The van der Waals surface area contributed by atoms with Crippen LogP contribution in [0.1, 0.15) is 5.01 Å². The lowest BCUT2D eigenvalue weighted by Gasteiger charge is -2.01. The predicted octanol–water partition coefficient (Wildman–Crippen LogP) is 0.549. The molecule has 2 aromatic rings. The van der Waals surface area contributed by atoms with E-state index < -0.39 is 5.97 Å². The second-order valence-electron chi connectivity index (χ2n) is 3.04. The van der Waals surface area contributed by atoms with E-state index in [1.807, 2.05) is 5.38 Å². The standard InChI is InChI=1S/C8H9N5O2S2/c14-7(15)5-17-8-10-11-12-13(8)3-1-6-9-2-4-16-6/h2,4H,1,3,5H2,(H,14,15). The number of tetrazole rings is 1. The highest BCUT2D eigenvalue weighted by molar-refractivity contribution is 7.99. The number of thiazole rings is 1. The molecule has 0 atom stereocenters. The molecule has 7 nitrogen and oxygen atoms in total. The fraction of sp³-hybridized carbons (Fsp3) is 0.375. The van der Waals surface area contributed by atoms with Gasteiger partial charge in [0, 0.05) is 18.0 Å². The summed E-state index contributed by atoms with van der Waals surface area (Å²) in [7, 11) is 0. The lowest BCUT2D eigenvalue weighted by molar-refractivity contribution is -0.133. The molecule has 17 heavy (non-hydrogen) atoms. The van der Waals surface area contributed by atoms with Crippen molar-refractivity contribution in [1.82, 2.24) is 25.2 Å². The fourth-order valence-electron chi connectivity index (χ4n) is 1.14. The minimum atomic E-state index is -0.885. The molecule has 90 valence electrons. The predicted molar refractivity (Wildman–Crippen MR) is 62.0 cm³/mol. The van der Waals surface area contributed by atoms with Crippen LogP contribution in [0.5, 0.6) is 0 Å². The Morgan fingerprint density at radius 3 is 3.18 bits per heavy atom. The van der Waals surface area contributed by atoms with E-state index in [9.17, 15) is 4.79 Å². The molecule has 1 N–H and O–H groups in total. The quantitative estimate of drug-likeness (QED) is 0.767. The van der Waals surface area contributed by atoms with Gasteiger partial charge in [-0.1, -0.05) is 11.8 Å². The largest absolute Gasteiger partial charge is 0.481 e. The average Bonchev–Trinajstić information content (AvgIpc) is 2.95. The van der Waals surface area contributed by atoms with Crippen LogP contribution in [0, 0.1) is 0 Å². The molecule has 2 rings (SSSR count). The Kier molecular flexibility index (Phi) is 4.04. The highest BCUT2D eigenvalue weighted by atomic mass is 32.2. The molecule has 9 heteroatoms. The monoisotopic (exact) mass is 271 g/mol. The lowest BCUT2D eigenvalue weighted by atomic mass is 10.4. The second-order valence-corrected chi connectivity index (χ2v) is 4.96. The van der Waals surface area contributed by atoms with Gasteiger partial charge in [0.15, 0.2) is 0 Å². The summed E-state index contributed by atoms with van der Waals surface area (Å²) in [6.45, 7) is 0.600. The van der Waals surface area contributed by atoms with Crippen molar-refractivity contribution in [2.75, 3.05) is 5.75 Å². The molecule has 0 aliphatic heterocycles. The highest BCUT2D eigenvalue weighted by Gasteiger charge is 2.09. The minimum absolute atomic E-state index is 0.0440. The number of thioether (sulfide) groups is 1. The van der Waals surface area contributed by atoms with Crippen molar-refractivity contribution in [2.45, 2.75) is 18.1 Å². The van der Waals surface area contributed by atoms with E-state index in [-0.39, 0.29) is 5.75 Å². The molecule has 0 amide bonds. The van der Waals surface area contributed by atoms with Crippen molar-refractivity contribution in [3.05, 3.63) is 16.6 Å². The molecule has 2 heterocycles. The highest BCUT2D eigenvalue weighted by Crippen LogP contribution is 2.14. The first-order valence-corrected chi connectivity index (χ1v) is 6.61. The lowest BCUT2D eigenvalue weighted by Crippen LogP contribution is -2.06. The van der Waals surface area contributed by atoms with Crippen LogP contribution in [-0.2, 0) is 17.8 Å². The van der Waals surface area contributed by atoms with E-state index in [4.69, 9.17) is 5.11 Å². The van der Waals surface area contributed by atoms with Crippen molar-refractivity contribution >= 4 is 29.1 Å². The average molecular weight is 271 g/mol. The van der Waals surface area contributed by atoms with Crippen molar-refractivity contribution in [1.29, 1.82) is 0 Å². The third kappa shape index (κ3) is 3.49. The molecule has 0 aliphatic carbocycles. The van der Waals surface area contributed by atoms with Crippen molar-refractivity contribution in [3.63, 3.8) is 0 Å². The van der Waals surface area contributed by atoms with Gasteiger partial charge in [0.05, 0.1) is 17.3 Å². The van der Waals surface area contributed by atoms with Crippen molar-refractivity contribution in [2.24, 2.45) is 0 Å². The Morgan fingerprint density at radius 1 is 1.59 bits per heavy atom. The summed E-state index contributed by atoms with van der Waals surface area (Å²) in [6, 6.07) is 0. The third-order valence-electron chi connectivity index (χ3n) is 1.84.